The van der Waals surface area contributed by atoms with Crippen LogP contribution in [0.1, 0.15) is 52.9 Å². The van der Waals surface area contributed by atoms with Crippen molar-refractivity contribution in [2.24, 2.45) is 29.6 Å². The summed E-state index contributed by atoms with van der Waals surface area (Å²) in [6.45, 7) is 6.71. The van der Waals surface area contributed by atoms with E-state index >= 15 is 0 Å². The smallest absolute Gasteiger partial charge is 0.0605 e. The molecule has 0 amide bonds. The predicted octanol–water partition coefficient (Wildman–Crippen LogP) is 4.12. The van der Waals surface area contributed by atoms with Crippen LogP contribution >= 0.6 is 0 Å². The van der Waals surface area contributed by atoms with E-state index in [2.05, 4.69) is 20.8 Å². The quantitative estimate of drug-likeness (QED) is 0.651. The van der Waals surface area contributed by atoms with Crippen LogP contribution in [0.5, 0.6) is 0 Å². The summed E-state index contributed by atoms with van der Waals surface area (Å²) >= 11 is 0. The lowest BCUT2D eigenvalue weighted by Crippen LogP contribution is -2.31. The zero-order valence-corrected chi connectivity index (χ0v) is 11.4. The Kier molecular flexibility index (Phi) is 3.94. The van der Waals surface area contributed by atoms with Crippen LogP contribution in [0.4, 0.5) is 0 Å². The summed E-state index contributed by atoms with van der Waals surface area (Å²) in [7, 11) is 1.90. The van der Waals surface area contributed by atoms with Gasteiger partial charge in [-0.1, -0.05) is 33.6 Å². The largest absolute Gasteiger partial charge is 0.381 e. The van der Waals surface area contributed by atoms with Gasteiger partial charge in [-0.2, -0.15) is 0 Å². The first kappa shape index (κ1) is 12.4. The molecule has 0 heterocycles. The van der Waals surface area contributed by atoms with E-state index in [1.54, 1.807) is 0 Å². The molecule has 0 radical (unpaired) electrons. The predicted molar refractivity (Wildman–Crippen MR) is 68.4 cm³/mol. The molecular formula is C15H28O. The molecule has 0 aliphatic heterocycles. The number of hydrogen-bond donors (Lipinski definition) is 0. The summed E-state index contributed by atoms with van der Waals surface area (Å²) in [4.78, 5) is 0. The molecule has 94 valence electrons. The zero-order chi connectivity index (χ0) is 11.7. The van der Waals surface area contributed by atoms with Crippen molar-refractivity contribution in [3.63, 3.8) is 0 Å². The highest BCUT2D eigenvalue weighted by molar-refractivity contribution is 5.05. The molecule has 0 saturated heterocycles. The van der Waals surface area contributed by atoms with E-state index in [1.807, 2.05) is 7.11 Å². The van der Waals surface area contributed by atoms with Gasteiger partial charge < -0.3 is 4.74 Å². The molecule has 3 fully saturated rings. The molecule has 3 rings (SSSR count). The third kappa shape index (κ3) is 1.92. The molecule has 6 unspecified atom stereocenters. The Bertz CT molecular complexity index is 225. The molecule has 0 N–H and O–H groups in total. The molecule has 0 aromatic rings. The van der Waals surface area contributed by atoms with Gasteiger partial charge >= 0.3 is 0 Å². The van der Waals surface area contributed by atoms with Crippen molar-refractivity contribution in [2.45, 2.75) is 59.0 Å². The van der Waals surface area contributed by atoms with Gasteiger partial charge in [0.05, 0.1) is 6.10 Å². The van der Waals surface area contributed by atoms with Crippen molar-refractivity contribution >= 4 is 0 Å². The third-order valence-electron chi connectivity index (χ3n) is 5.10. The normalized spacial score (nSPS) is 48.8. The monoisotopic (exact) mass is 224 g/mol. The minimum atomic E-state index is 0.617. The molecule has 0 aromatic carbocycles. The number of hydrogen-bond acceptors (Lipinski definition) is 1. The summed E-state index contributed by atoms with van der Waals surface area (Å²) in [6.07, 6.45) is 7.72. The molecule has 1 nitrogen and oxygen atoms in total. The lowest BCUT2D eigenvalue weighted by atomic mass is 9.77. The average molecular weight is 224 g/mol. The zero-order valence-electron chi connectivity index (χ0n) is 11.4. The fraction of sp³-hybridized carbons (Fsp3) is 1.00. The van der Waals surface area contributed by atoms with Crippen molar-refractivity contribution < 1.29 is 4.74 Å². The van der Waals surface area contributed by atoms with Crippen molar-refractivity contribution in [3.8, 4) is 0 Å². The highest BCUT2D eigenvalue weighted by Crippen LogP contribution is 2.61. The van der Waals surface area contributed by atoms with Crippen molar-refractivity contribution in [3.05, 3.63) is 0 Å². The molecule has 2 bridgehead atoms. The Morgan fingerprint density at radius 1 is 1.06 bits per heavy atom. The van der Waals surface area contributed by atoms with Crippen LogP contribution in [0.25, 0.3) is 0 Å². The average Bonchev–Trinajstić information content (AvgIpc) is 2.91. The second-order valence-corrected chi connectivity index (χ2v) is 6.17. The fourth-order valence-electron chi connectivity index (χ4n) is 4.65. The lowest BCUT2D eigenvalue weighted by Gasteiger charge is -2.32. The number of rotatable bonds is 1. The second kappa shape index (κ2) is 5.08. The van der Waals surface area contributed by atoms with Gasteiger partial charge in [0.2, 0.25) is 0 Å². The van der Waals surface area contributed by atoms with Gasteiger partial charge in [0, 0.05) is 7.11 Å². The standard InChI is InChI=1S/C12H20O.C3H8/c1-7-3-4-9-8-5-10(12(7)9)11(6-8)13-2;1-3-2/h7-12H,3-6H2,1-2H3;3H2,1-2H3. The SMILES string of the molecule is CCC.COC1CC2CC1C1C(C)CCC21. The number of fused-ring (bicyclic) bond motifs is 5. The second-order valence-electron chi connectivity index (χ2n) is 6.17. The maximum Gasteiger partial charge on any atom is 0.0605 e. The van der Waals surface area contributed by atoms with Crippen LogP contribution in [-0.4, -0.2) is 13.2 Å². The number of ether oxygens (including phenoxy) is 1. The van der Waals surface area contributed by atoms with Crippen LogP contribution in [0, 0.1) is 29.6 Å². The van der Waals surface area contributed by atoms with Crippen molar-refractivity contribution in [1.29, 1.82) is 0 Å². The summed E-state index contributed by atoms with van der Waals surface area (Å²) in [6, 6.07) is 0. The van der Waals surface area contributed by atoms with E-state index < -0.39 is 0 Å². The van der Waals surface area contributed by atoms with Gasteiger partial charge in [-0.05, 0) is 48.9 Å². The molecule has 1 heteroatoms. The van der Waals surface area contributed by atoms with Crippen molar-refractivity contribution in [2.75, 3.05) is 7.11 Å². The Hall–Kier alpha value is -0.0400. The Morgan fingerprint density at radius 2 is 1.75 bits per heavy atom. The lowest BCUT2D eigenvalue weighted by molar-refractivity contribution is 0.0135. The Labute approximate surface area is 101 Å². The van der Waals surface area contributed by atoms with E-state index in [0.717, 1.165) is 29.6 Å². The summed E-state index contributed by atoms with van der Waals surface area (Å²) in [5.74, 6) is 5.07. The molecular weight excluding hydrogens is 196 g/mol. The van der Waals surface area contributed by atoms with E-state index in [1.165, 1.54) is 32.1 Å². The van der Waals surface area contributed by atoms with Gasteiger partial charge in [-0.3, -0.25) is 0 Å². The van der Waals surface area contributed by atoms with Crippen LogP contribution < -0.4 is 0 Å². The van der Waals surface area contributed by atoms with Gasteiger partial charge in [0.15, 0.2) is 0 Å². The minimum absolute atomic E-state index is 0.617. The van der Waals surface area contributed by atoms with Gasteiger partial charge in [-0.25, -0.2) is 0 Å². The Morgan fingerprint density at radius 3 is 2.38 bits per heavy atom. The molecule has 3 saturated carbocycles. The third-order valence-corrected chi connectivity index (χ3v) is 5.10. The Balaban J connectivity index is 0.000000292. The van der Waals surface area contributed by atoms with E-state index in [4.69, 9.17) is 4.74 Å². The molecule has 3 aliphatic rings. The van der Waals surface area contributed by atoms with Gasteiger partial charge in [-0.15, -0.1) is 0 Å². The first-order valence-corrected chi connectivity index (χ1v) is 7.25. The van der Waals surface area contributed by atoms with E-state index in [-0.39, 0.29) is 0 Å². The van der Waals surface area contributed by atoms with E-state index in [9.17, 15) is 0 Å². The first-order valence-electron chi connectivity index (χ1n) is 7.25. The van der Waals surface area contributed by atoms with Crippen molar-refractivity contribution in [1.82, 2.24) is 0 Å². The molecule has 3 aliphatic carbocycles. The van der Waals surface area contributed by atoms with E-state index in [0.29, 0.717) is 6.10 Å². The fourth-order valence-corrected chi connectivity index (χ4v) is 4.65. The molecule has 6 atom stereocenters. The van der Waals surface area contributed by atoms with Crippen LogP contribution in [0.2, 0.25) is 0 Å². The first-order chi connectivity index (χ1) is 7.72. The summed E-state index contributed by atoms with van der Waals surface area (Å²) in [5.41, 5.74) is 0. The molecule has 0 spiro atoms. The summed E-state index contributed by atoms with van der Waals surface area (Å²) < 4.78 is 5.60. The highest BCUT2D eigenvalue weighted by atomic mass is 16.5. The van der Waals surface area contributed by atoms with Gasteiger partial charge in [0.1, 0.15) is 0 Å². The van der Waals surface area contributed by atoms with Crippen LogP contribution in [-0.2, 0) is 4.74 Å². The van der Waals surface area contributed by atoms with Crippen LogP contribution in [0.3, 0.4) is 0 Å². The topological polar surface area (TPSA) is 9.23 Å². The van der Waals surface area contributed by atoms with Gasteiger partial charge in [0.25, 0.3) is 0 Å². The highest BCUT2D eigenvalue weighted by Gasteiger charge is 2.56. The minimum Gasteiger partial charge on any atom is -0.381 e. The molecule has 0 aromatic heterocycles. The molecule has 16 heavy (non-hydrogen) atoms. The maximum absolute atomic E-state index is 5.60. The number of methoxy groups -OCH3 is 1. The summed E-state index contributed by atoms with van der Waals surface area (Å²) in [5, 5.41) is 0. The van der Waals surface area contributed by atoms with Crippen LogP contribution in [0.15, 0.2) is 0 Å². The maximum atomic E-state index is 5.60.